The lowest BCUT2D eigenvalue weighted by atomic mass is 9.42. The van der Waals surface area contributed by atoms with E-state index < -0.39 is 64.3 Å². The quantitative estimate of drug-likeness (QED) is 0.381. The third-order valence-corrected chi connectivity index (χ3v) is 12.8. The summed E-state index contributed by atoms with van der Waals surface area (Å²) in [6, 6.07) is 8.63. The van der Waals surface area contributed by atoms with Crippen LogP contribution in [-0.2, 0) is 23.7 Å². The van der Waals surface area contributed by atoms with Gasteiger partial charge in [0.05, 0.1) is 42.2 Å². The molecule has 14 atom stereocenters. The Labute approximate surface area is 247 Å². The van der Waals surface area contributed by atoms with Crippen molar-refractivity contribution >= 4 is 5.97 Å². The Balaban J connectivity index is 1.46. The lowest BCUT2D eigenvalue weighted by molar-refractivity contribution is -0.298. The number of rotatable bonds is 8. The molecular formula is C32H45NO9. The molecule has 0 amide bonds. The van der Waals surface area contributed by atoms with Crippen molar-refractivity contribution in [3.63, 3.8) is 0 Å². The van der Waals surface area contributed by atoms with Gasteiger partial charge in [-0.15, -0.1) is 0 Å². The molecule has 232 valence electrons. The van der Waals surface area contributed by atoms with Gasteiger partial charge in [0.2, 0.25) is 0 Å². The van der Waals surface area contributed by atoms with E-state index in [-0.39, 0.29) is 36.8 Å². The minimum Gasteiger partial charge on any atom is -0.455 e. The number of hydrogen-bond acceptors (Lipinski definition) is 10. The van der Waals surface area contributed by atoms with Crippen molar-refractivity contribution in [1.29, 1.82) is 0 Å². The molecule has 10 heteroatoms. The molecule has 5 saturated carbocycles. The van der Waals surface area contributed by atoms with Gasteiger partial charge in [-0.25, -0.2) is 4.79 Å². The first kappa shape index (κ1) is 29.1. The van der Waals surface area contributed by atoms with E-state index in [4.69, 9.17) is 23.7 Å². The number of esters is 1. The van der Waals surface area contributed by atoms with E-state index in [1.807, 2.05) is 6.07 Å². The summed E-state index contributed by atoms with van der Waals surface area (Å²) in [6.45, 7) is 3.76. The Morgan fingerprint density at radius 1 is 0.976 bits per heavy atom. The van der Waals surface area contributed by atoms with E-state index in [1.165, 1.54) is 0 Å². The Morgan fingerprint density at radius 3 is 2.31 bits per heavy atom. The van der Waals surface area contributed by atoms with E-state index in [9.17, 15) is 20.1 Å². The van der Waals surface area contributed by atoms with Crippen LogP contribution in [0.2, 0.25) is 0 Å². The Hall–Kier alpha value is -1.63. The van der Waals surface area contributed by atoms with Crippen LogP contribution in [0.5, 0.6) is 0 Å². The van der Waals surface area contributed by atoms with Crippen LogP contribution in [0.3, 0.4) is 0 Å². The highest BCUT2D eigenvalue weighted by Crippen LogP contribution is 2.80. The highest BCUT2D eigenvalue weighted by molar-refractivity contribution is 5.89. The van der Waals surface area contributed by atoms with E-state index in [2.05, 4.69) is 11.8 Å². The summed E-state index contributed by atoms with van der Waals surface area (Å²) in [5.74, 6) is -2.02. The number of ether oxygens (including phenoxy) is 5. The maximum absolute atomic E-state index is 13.5. The van der Waals surface area contributed by atoms with Crippen LogP contribution in [0, 0.1) is 34.5 Å². The predicted octanol–water partition coefficient (Wildman–Crippen LogP) is 1.11. The molecule has 1 aliphatic heterocycles. The van der Waals surface area contributed by atoms with Gasteiger partial charge in [-0.3, -0.25) is 4.90 Å². The van der Waals surface area contributed by atoms with E-state index in [0.29, 0.717) is 31.7 Å². The van der Waals surface area contributed by atoms with Crippen LogP contribution in [0.1, 0.15) is 36.5 Å². The third kappa shape index (κ3) is 3.20. The van der Waals surface area contributed by atoms with Crippen molar-refractivity contribution < 1.29 is 43.8 Å². The van der Waals surface area contributed by atoms with Crippen LogP contribution in [0.15, 0.2) is 30.3 Å². The summed E-state index contributed by atoms with van der Waals surface area (Å²) in [5.41, 5.74) is -3.77. The number of fused-ring (bicyclic) bond motifs is 2. The Kier molecular flexibility index (Phi) is 6.71. The largest absolute Gasteiger partial charge is 0.455 e. The number of hydrogen-bond donors (Lipinski definition) is 3. The topological polar surface area (TPSA) is 127 Å². The zero-order valence-electron chi connectivity index (χ0n) is 25.1. The van der Waals surface area contributed by atoms with Gasteiger partial charge >= 0.3 is 5.97 Å². The van der Waals surface area contributed by atoms with Crippen molar-refractivity contribution in [2.45, 2.75) is 73.9 Å². The molecule has 0 aromatic heterocycles. The summed E-state index contributed by atoms with van der Waals surface area (Å²) in [4.78, 5) is 15.9. The van der Waals surface area contributed by atoms with Crippen LogP contribution in [0.25, 0.3) is 0 Å². The van der Waals surface area contributed by atoms with Gasteiger partial charge in [0.1, 0.15) is 11.7 Å². The van der Waals surface area contributed by atoms with Gasteiger partial charge in [0, 0.05) is 82.5 Å². The molecule has 1 saturated heterocycles. The van der Waals surface area contributed by atoms with Crippen molar-refractivity contribution in [2.24, 2.45) is 34.5 Å². The number of carbonyl (C=O) groups is 1. The zero-order valence-corrected chi connectivity index (χ0v) is 25.1. The molecule has 1 spiro atoms. The van der Waals surface area contributed by atoms with Crippen LogP contribution < -0.4 is 0 Å². The first-order valence-corrected chi connectivity index (χ1v) is 15.3. The molecule has 6 fully saturated rings. The standard InChI is InChI=1S/C32H45NO9/c1-6-33-15-29(16-38-2)19(34)12-20(39-3)32-18-13-30(36)21(40-4)14-31(37,23(26(32)33)24(41-5)25(29)32)22(18)27(30)42-28(35)17-10-8-7-9-11-17/h7-11,18-27,34,36-37H,6,12-16H2,1-5H3/t18?,19-,20+,21+,22?,23+,24+,25?,26-,27-,29+,30+,31-,32+/m1/s1. The fraction of sp³-hybridized carbons (Fsp3) is 0.781. The number of nitrogens with zero attached hydrogens (tertiary/aromatic N) is 1. The second-order valence-corrected chi connectivity index (χ2v) is 13.8. The van der Waals surface area contributed by atoms with E-state index in [0.717, 1.165) is 0 Å². The fourth-order valence-electron chi connectivity index (χ4n) is 11.8. The smallest absolute Gasteiger partial charge is 0.338 e. The van der Waals surface area contributed by atoms with Gasteiger partial charge in [0.15, 0.2) is 0 Å². The average molecular weight is 588 g/mol. The molecule has 6 aliphatic rings. The molecule has 3 unspecified atom stereocenters. The minimum atomic E-state index is -1.51. The van der Waals surface area contributed by atoms with E-state index in [1.54, 1.807) is 52.7 Å². The third-order valence-electron chi connectivity index (χ3n) is 12.8. The Bertz CT molecular complexity index is 1220. The number of aliphatic hydroxyl groups excluding tert-OH is 1. The summed E-state index contributed by atoms with van der Waals surface area (Å²) in [7, 11) is 6.60. The minimum absolute atomic E-state index is 0.130. The van der Waals surface area contributed by atoms with Crippen LogP contribution in [-0.4, -0.2) is 122 Å². The molecule has 3 N–H and O–H groups in total. The van der Waals surface area contributed by atoms with Crippen LogP contribution >= 0.6 is 0 Å². The SMILES string of the molecule is CCN1C[C@@]2(COC)C3[C@@H](OC)[C@H]4[C@@H]1[C@@]3(C1C[C@]3(O)[C@@H](OC)C[C@@]4(O)C1[C@H]3OC(=O)c1ccccc1)[C@@H](OC)C[C@H]2O. The van der Waals surface area contributed by atoms with E-state index >= 15 is 0 Å². The predicted molar refractivity (Wildman–Crippen MR) is 150 cm³/mol. The second kappa shape index (κ2) is 9.68. The number of piperidine rings is 1. The molecular weight excluding hydrogens is 542 g/mol. The number of benzene rings is 1. The lowest BCUT2D eigenvalue weighted by Gasteiger charge is -2.70. The zero-order chi connectivity index (χ0) is 29.8. The summed E-state index contributed by atoms with van der Waals surface area (Å²) >= 11 is 0. The molecule has 7 bridgehead atoms. The normalized spacial score (nSPS) is 51.9. The van der Waals surface area contributed by atoms with Crippen LogP contribution in [0.4, 0.5) is 0 Å². The van der Waals surface area contributed by atoms with Crippen molar-refractivity contribution in [3.8, 4) is 0 Å². The number of carbonyl (C=O) groups excluding carboxylic acids is 1. The molecule has 1 heterocycles. The second-order valence-electron chi connectivity index (χ2n) is 13.8. The molecule has 7 rings (SSSR count). The highest BCUT2D eigenvalue weighted by atomic mass is 16.6. The summed E-state index contributed by atoms with van der Waals surface area (Å²) < 4.78 is 30.8. The van der Waals surface area contributed by atoms with Gasteiger partial charge in [0.25, 0.3) is 0 Å². The first-order valence-electron chi connectivity index (χ1n) is 15.3. The van der Waals surface area contributed by atoms with Crippen molar-refractivity contribution in [1.82, 2.24) is 4.90 Å². The summed E-state index contributed by atoms with van der Waals surface area (Å²) in [5, 5.41) is 37.6. The number of aliphatic hydroxyl groups is 3. The Morgan fingerprint density at radius 2 is 1.69 bits per heavy atom. The van der Waals surface area contributed by atoms with Gasteiger partial charge < -0.3 is 39.0 Å². The monoisotopic (exact) mass is 587 g/mol. The van der Waals surface area contributed by atoms with Crippen molar-refractivity contribution in [3.05, 3.63) is 35.9 Å². The molecule has 1 aromatic rings. The number of methoxy groups -OCH3 is 4. The summed E-state index contributed by atoms with van der Waals surface area (Å²) in [6.07, 6.45) is -2.36. The van der Waals surface area contributed by atoms with Gasteiger partial charge in [-0.1, -0.05) is 25.1 Å². The maximum atomic E-state index is 13.5. The lowest BCUT2D eigenvalue weighted by Crippen LogP contribution is -2.79. The van der Waals surface area contributed by atoms with Gasteiger partial charge in [-0.2, -0.15) is 0 Å². The highest BCUT2D eigenvalue weighted by Gasteiger charge is 2.89. The first-order chi connectivity index (χ1) is 20.1. The van der Waals surface area contributed by atoms with Crippen molar-refractivity contribution in [2.75, 3.05) is 48.1 Å². The molecule has 0 radical (unpaired) electrons. The average Bonchev–Trinajstić information content (AvgIpc) is 3.37. The molecule has 10 nitrogen and oxygen atoms in total. The molecule has 5 aliphatic carbocycles. The molecule has 1 aromatic carbocycles. The maximum Gasteiger partial charge on any atom is 0.338 e. The number of likely N-dealkylation sites (tertiary alicyclic amines) is 1. The fourth-order valence-corrected chi connectivity index (χ4v) is 11.8. The van der Waals surface area contributed by atoms with Gasteiger partial charge in [-0.05, 0) is 31.0 Å². The molecule has 42 heavy (non-hydrogen) atoms.